The predicted octanol–water partition coefficient (Wildman–Crippen LogP) is 7.18. The van der Waals surface area contributed by atoms with Gasteiger partial charge in [0.25, 0.3) is 0 Å². The number of carbonyl (C=O) groups is 1. The van der Waals surface area contributed by atoms with E-state index in [9.17, 15) is 24.5 Å². The second-order valence-corrected chi connectivity index (χ2v) is 12.7. The zero-order valence-corrected chi connectivity index (χ0v) is 28.4. The van der Waals surface area contributed by atoms with Gasteiger partial charge in [0.2, 0.25) is 5.91 Å². The van der Waals surface area contributed by atoms with Crippen LogP contribution in [0.1, 0.15) is 123 Å². The summed E-state index contributed by atoms with van der Waals surface area (Å²) < 4.78 is 21.8. The number of nitrogens with two attached hydrogens (primary N) is 1. The molecule has 0 aliphatic heterocycles. The fourth-order valence-corrected chi connectivity index (χ4v) is 5.11. The molecule has 0 aliphatic rings. The summed E-state index contributed by atoms with van der Waals surface area (Å²) in [5, 5.41) is 23.7. The van der Waals surface area contributed by atoms with Crippen molar-refractivity contribution in [3.8, 4) is 0 Å². The molecule has 0 bridgehead atoms. The number of aliphatic hydroxyl groups is 2. The molecule has 44 heavy (non-hydrogen) atoms. The normalized spacial score (nSPS) is 15.9. The largest absolute Gasteiger partial charge is 0.472 e. The van der Waals surface area contributed by atoms with E-state index in [1.807, 2.05) is 0 Å². The van der Waals surface area contributed by atoms with Crippen LogP contribution in [0.25, 0.3) is 0 Å². The summed E-state index contributed by atoms with van der Waals surface area (Å²) >= 11 is 0. The van der Waals surface area contributed by atoms with Gasteiger partial charge in [-0.25, -0.2) is 4.57 Å². The van der Waals surface area contributed by atoms with Gasteiger partial charge in [-0.2, -0.15) is 0 Å². The Morgan fingerprint density at radius 2 is 1.36 bits per heavy atom. The minimum atomic E-state index is -4.40. The first kappa shape index (κ1) is 42.4. The first-order chi connectivity index (χ1) is 21.3. The van der Waals surface area contributed by atoms with E-state index in [2.05, 4.69) is 55.6 Å². The van der Waals surface area contributed by atoms with E-state index >= 15 is 0 Å². The third-order valence-electron chi connectivity index (χ3n) is 6.96. The van der Waals surface area contributed by atoms with Crippen molar-refractivity contribution in [2.45, 2.75) is 141 Å². The molecule has 4 atom stereocenters. The summed E-state index contributed by atoms with van der Waals surface area (Å²) in [6.07, 6.45) is 30.7. The van der Waals surface area contributed by atoms with Gasteiger partial charge < -0.3 is 26.2 Å². The Labute approximate surface area is 267 Å². The van der Waals surface area contributed by atoms with Gasteiger partial charge in [-0.3, -0.25) is 13.8 Å². The lowest BCUT2D eigenvalue weighted by atomic mass is 10.0. The van der Waals surface area contributed by atoms with E-state index < -0.39 is 38.6 Å². The Morgan fingerprint density at radius 3 is 2.00 bits per heavy atom. The number of unbranched alkanes of at least 4 members (excludes halogenated alkanes) is 11. The van der Waals surface area contributed by atoms with Crippen molar-refractivity contribution in [2.24, 2.45) is 5.73 Å². The molecule has 6 N–H and O–H groups in total. The van der Waals surface area contributed by atoms with E-state index in [4.69, 9.17) is 14.8 Å². The molecule has 9 nitrogen and oxygen atoms in total. The highest BCUT2D eigenvalue weighted by molar-refractivity contribution is 7.47. The number of nitrogens with one attached hydrogen (secondary N) is 1. The van der Waals surface area contributed by atoms with Crippen molar-refractivity contribution in [3.05, 3.63) is 48.6 Å². The summed E-state index contributed by atoms with van der Waals surface area (Å²) in [5.74, 6) is -0.475. The molecule has 256 valence electrons. The molecular weight excluding hydrogens is 579 g/mol. The van der Waals surface area contributed by atoms with E-state index in [1.165, 1.54) is 44.6 Å². The number of hydrogen-bond acceptors (Lipinski definition) is 7. The Bertz CT molecular complexity index is 847. The Morgan fingerprint density at radius 1 is 0.795 bits per heavy atom. The van der Waals surface area contributed by atoms with Crippen LogP contribution in [-0.2, 0) is 18.4 Å². The van der Waals surface area contributed by atoms with Crippen LogP contribution in [0.4, 0.5) is 0 Å². The molecule has 10 heteroatoms. The maximum absolute atomic E-state index is 12.7. The number of hydrogen-bond donors (Lipinski definition) is 5. The smallest absolute Gasteiger partial charge is 0.393 e. The van der Waals surface area contributed by atoms with Crippen molar-refractivity contribution in [2.75, 3.05) is 19.8 Å². The molecule has 0 spiro atoms. The van der Waals surface area contributed by atoms with Gasteiger partial charge in [0, 0.05) is 6.54 Å². The fraction of sp³-hybridized carbons (Fsp3) is 0.735. The van der Waals surface area contributed by atoms with Gasteiger partial charge in [-0.1, -0.05) is 107 Å². The quantitative estimate of drug-likeness (QED) is 0.0239. The van der Waals surface area contributed by atoms with Crippen molar-refractivity contribution in [3.63, 3.8) is 0 Å². The maximum atomic E-state index is 12.7. The highest BCUT2D eigenvalue weighted by Crippen LogP contribution is 2.43. The maximum Gasteiger partial charge on any atom is 0.472 e. The van der Waals surface area contributed by atoms with Crippen LogP contribution in [0.15, 0.2) is 48.6 Å². The Kier molecular flexibility index (Phi) is 29.0. The molecule has 0 saturated heterocycles. The molecule has 0 aromatic rings. The molecule has 0 radical (unpaired) electrons. The van der Waals surface area contributed by atoms with Crippen molar-refractivity contribution < 1.29 is 33.5 Å². The van der Waals surface area contributed by atoms with E-state index in [-0.39, 0.29) is 19.6 Å². The molecule has 0 aliphatic carbocycles. The van der Waals surface area contributed by atoms with Crippen LogP contribution in [0, 0.1) is 0 Å². The summed E-state index contributed by atoms with van der Waals surface area (Å²) in [6, 6.07) is -1.00. The lowest BCUT2D eigenvalue weighted by Crippen LogP contribution is -2.46. The number of phosphoric acid groups is 1. The first-order valence-corrected chi connectivity index (χ1v) is 18.4. The van der Waals surface area contributed by atoms with Crippen molar-refractivity contribution >= 4 is 13.7 Å². The first-order valence-electron chi connectivity index (χ1n) is 16.9. The van der Waals surface area contributed by atoms with E-state index in [0.29, 0.717) is 12.8 Å². The van der Waals surface area contributed by atoms with Gasteiger partial charge in [-0.05, 0) is 57.8 Å². The van der Waals surface area contributed by atoms with Crippen LogP contribution in [0.5, 0.6) is 0 Å². The van der Waals surface area contributed by atoms with Crippen LogP contribution >= 0.6 is 7.82 Å². The van der Waals surface area contributed by atoms with Crippen LogP contribution < -0.4 is 11.1 Å². The van der Waals surface area contributed by atoms with Crippen molar-refractivity contribution in [1.82, 2.24) is 5.32 Å². The molecule has 0 aromatic heterocycles. The second kappa shape index (κ2) is 30.1. The molecule has 0 heterocycles. The summed E-state index contributed by atoms with van der Waals surface area (Å²) in [5.41, 5.74) is 5.32. The van der Waals surface area contributed by atoms with E-state index in [0.717, 1.165) is 51.4 Å². The van der Waals surface area contributed by atoms with Gasteiger partial charge in [-0.15, -0.1) is 0 Å². The number of aliphatic hydroxyl groups excluding tert-OH is 2. The third kappa shape index (κ3) is 27.9. The van der Waals surface area contributed by atoms with Gasteiger partial charge in [0.15, 0.2) is 0 Å². The minimum absolute atomic E-state index is 0.0400. The van der Waals surface area contributed by atoms with Crippen LogP contribution in [-0.4, -0.2) is 59.0 Å². The van der Waals surface area contributed by atoms with Gasteiger partial charge in [0.1, 0.15) is 0 Å². The third-order valence-corrected chi connectivity index (χ3v) is 7.94. The highest BCUT2D eigenvalue weighted by atomic mass is 31.2. The monoisotopic (exact) mass is 642 g/mol. The average Bonchev–Trinajstić information content (AvgIpc) is 2.99. The molecule has 4 unspecified atom stereocenters. The molecule has 0 aromatic carbocycles. The molecule has 1 amide bonds. The topological polar surface area (TPSA) is 151 Å². The summed E-state index contributed by atoms with van der Waals surface area (Å²) in [6.45, 7) is 3.80. The molecule has 0 rings (SSSR count). The number of amides is 1. The summed E-state index contributed by atoms with van der Waals surface area (Å²) in [4.78, 5) is 22.5. The summed E-state index contributed by atoms with van der Waals surface area (Å²) in [7, 11) is -4.40. The zero-order chi connectivity index (χ0) is 32.7. The fourth-order valence-electron chi connectivity index (χ4n) is 4.35. The number of rotatable bonds is 30. The Balaban J connectivity index is 4.57. The van der Waals surface area contributed by atoms with Crippen LogP contribution in [0.2, 0.25) is 0 Å². The highest BCUT2D eigenvalue weighted by Gasteiger charge is 2.27. The lowest BCUT2D eigenvalue weighted by molar-refractivity contribution is -0.124. The Hall–Kier alpha value is -1.58. The number of allylic oxidation sites excluding steroid dienone is 7. The molecule has 0 saturated carbocycles. The lowest BCUT2D eigenvalue weighted by Gasteiger charge is -2.24. The second-order valence-electron chi connectivity index (χ2n) is 11.2. The predicted molar refractivity (Wildman–Crippen MR) is 181 cm³/mol. The zero-order valence-electron chi connectivity index (χ0n) is 27.5. The molecule has 0 fully saturated rings. The van der Waals surface area contributed by atoms with Gasteiger partial charge in [0.05, 0.1) is 37.9 Å². The minimum Gasteiger partial charge on any atom is -0.393 e. The number of phosphoric ester groups is 1. The average molecular weight is 643 g/mol. The van der Waals surface area contributed by atoms with Crippen LogP contribution in [0.3, 0.4) is 0 Å². The van der Waals surface area contributed by atoms with E-state index in [1.54, 1.807) is 6.08 Å². The SMILES string of the molecule is CCCCC/C=C\C=C/CCCCCCC(O)CC(=O)NC(COP(=O)(O)OCCN)C(O)/C=C/CC/C=C/CCCCC. The molecular formula is C34H63N2O7P. The number of carbonyl (C=O) groups excluding carboxylic acids is 1. The van der Waals surface area contributed by atoms with Crippen molar-refractivity contribution in [1.29, 1.82) is 0 Å². The standard InChI is InChI=1S/C34H63N2O7P/c1-3-5-7-9-11-13-14-15-16-18-19-21-23-25-31(37)29-34(39)36-32(30-43-44(40,41)42-28-27-35)33(38)26-24-22-20-17-12-10-8-6-4-2/h11-15,17,24,26,31-33,37-38H,3-10,16,18-23,25,27-30,35H2,1-2H3,(H,36,39)(H,40,41)/b13-11-,15-14-,17-12+,26-24+. The van der Waals surface area contributed by atoms with Gasteiger partial charge >= 0.3 is 7.82 Å².